The molecule has 1 aromatic heterocycles. The van der Waals surface area contributed by atoms with Gasteiger partial charge in [0.1, 0.15) is 0 Å². The number of carbonyl (C=O) groups is 1. The van der Waals surface area contributed by atoms with Gasteiger partial charge in [-0.15, -0.1) is 0 Å². The average molecular weight is 165 g/mol. The lowest BCUT2D eigenvalue weighted by Gasteiger charge is -1.90. The van der Waals surface area contributed by atoms with Crippen molar-refractivity contribution in [1.82, 2.24) is 9.78 Å². The van der Waals surface area contributed by atoms with Crippen molar-refractivity contribution in [3.63, 3.8) is 0 Å². The molecular weight excluding hydrogens is 158 g/mol. The first kappa shape index (κ1) is 7.02. The molecule has 0 radical (unpaired) electrons. The van der Waals surface area contributed by atoms with E-state index in [0.29, 0.717) is 12.4 Å². The molecule has 1 aliphatic heterocycles. The summed E-state index contributed by atoms with van der Waals surface area (Å²) < 4.78 is 1.58. The first-order chi connectivity index (χ1) is 5.66. The lowest BCUT2D eigenvalue weighted by molar-refractivity contribution is 0.0689. The van der Waals surface area contributed by atoms with Gasteiger partial charge in [-0.05, 0) is 6.92 Å². The topological polar surface area (TPSA) is 67.5 Å². The molecule has 0 unspecified atom stereocenters. The van der Waals surface area contributed by atoms with Crippen LogP contribution < -0.4 is 0 Å². The molecule has 0 aromatic carbocycles. The van der Waals surface area contributed by atoms with Crippen LogP contribution >= 0.6 is 0 Å². The first-order valence-corrected chi connectivity index (χ1v) is 3.52. The highest BCUT2D eigenvalue weighted by molar-refractivity contribution is 5.90. The van der Waals surface area contributed by atoms with E-state index >= 15 is 0 Å². The maximum Gasteiger partial charge on any atom is 0.356 e. The molecule has 0 bridgehead atoms. The second-order valence-corrected chi connectivity index (χ2v) is 2.70. The lowest BCUT2D eigenvalue weighted by Crippen LogP contribution is -2.04. The van der Waals surface area contributed by atoms with E-state index < -0.39 is 5.97 Å². The predicted molar refractivity (Wildman–Crippen MR) is 42.0 cm³/mol. The van der Waals surface area contributed by atoms with Gasteiger partial charge < -0.3 is 5.11 Å². The Morgan fingerprint density at radius 2 is 2.50 bits per heavy atom. The first-order valence-electron chi connectivity index (χ1n) is 3.52. The third-order valence-electron chi connectivity index (χ3n) is 1.66. The molecule has 5 heteroatoms. The minimum atomic E-state index is -1.01. The summed E-state index contributed by atoms with van der Waals surface area (Å²) in [4.78, 5) is 14.6. The zero-order valence-corrected chi connectivity index (χ0v) is 6.48. The second-order valence-electron chi connectivity index (χ2n) is 2.70. The van der Waals surface area contributed by atoms with Gasteiger partial charge in [-0.1, -0.05) is 0 Å². The molecule has 1 N–H and O–H groups in total. The van der Waals surface area contributed by atoms with E-state index in [-0.39, 0.29) is 5.69 Å². The van der Waals surface area contributed by atoms with Gasteiger partial charge >= 0.3 is 5.97 Å². The van der Waals surface area contributed by atoms with Crippen LogP contribution in [0.15, 0.2) is 11.1 Å². The largest absolute Gasteiger partial charge is 0.476 e. The predicted octanol–water partition coefficient (Wildman–Crippen LogP) is 0.687. The van der Waals surface area contributed by atoms with E-state index in [1.807, 2.05) is 6.92 Å². The number of nitrogens with zero attached hydrogens (tertiary/aromatic N) is 3. The summed E-state index contributed by atoms with van der Waals surface area (Å²) in [6.45, 7) is 2.48. The summed E-state index contributed by atoms with van der Waals surface area (Å²) in [6.07, 6.45) is 0. The number of aliphatic imine (C=N–C) groups is 1. The van der Waals surface area contributed by atoms with Gasteiger partial charge in [0, 0.05) is 11.8 Å². The molecule has 0 amide bonds. The number of aromatic nitrogens is 2. The van der Waals surface area contributed by atoms with E-state index in [0.717, 1.165) is 5.71 Å². The summed E-state index contributed by atoms with van der Waals surface area (Å²) in [5.41, 5.74) is 1.01. The zero-order valence-electron chi connectivity index (χ0n) is 6.48. The van der Waals surface area contributed by atoms with Crippen molar-refractivity contribution in [2.45, 2.75) is 13.5 Å². The molecule has 0 atom stereocenters. The van der Waals surface area contributed by atoms with E-state index in [2.05, 4.69) is 10.1 Å². The Hall–Kier alpha value is -1.65. The molecule has 12 heavy (non-hydrogen) atoms. The Labute approximate surface area is 68.3 Å². The summed E-state index contributed by atoms with van der Waals surface area (Å²) in [5.74, 6) is -0.380. The normalized spacial score (nSPS) is 14.2. The molecule has 2 rings (SSSR count). The third-order valence-corrected chi connectivity index (χ3v) is 1.66. The second kappa shape index (κ2) is 2.17. The van der Waals surface area contributed by atoms with Crippen molar-refractivity contribution in [1.29, 1.82) is 0 Å². The Kier molecular flexibility index (Phi) is 1.27. The maximum absolute atomic E-state index is 10.5. The Bertz CT molecular complexity index is 378. The smallest absolute Gasteiger partial charge is 0.356 e. The molecule has 5 nitrogen and oxygen atoms in total. The quantitative estimate of drug-likeness (QED) is 0.665. The fraction of sp³-hybridized carbons (Fsp3) is 0.286. The monoisotopic (exact) mass is 165 g/mol. The van der Waals surface area contributed by atoms with Crippen LogP contribution in [0.1, 0.15) is 17.4 Å². The number of fused-ring (bicyclic) bond motifs is 1. The fourth-order valence-corrected chi connectivity index (χ4v) is 1.17. The van der Waals surface area contributed by atoms with Gasteiger partial charge in [-0.3, -0.25) is 0 Å². The Morgan fingerprint density at radius 1 is 1.75 bits per heavy atom. The Morgan fingerprint density at radius 3 is 3.08 bits per heavy atom. The van der Waals surface area contributed by atoms with Crippen LogP contribution in [0.4, 0.5) is 5.82 Å². The molecule has 1 aliphatic rings. The number of hydrogen-bond acceptors (Lipinski definition) is 3. The van der Waals surface area contributed by atoms with Crippen LogP contribution in [0.3, 0.4) is 0 Å². The number of carboxylic acids is 1. The summed E-state index contributed by atoms with van der Waals surface area (Å²) in [7, 11) is 0. The van der Waals surface area contributed by atoms with Crippen LogP contribution in [0.2, 0.25) is 0 Å². The highest BCUT2D eigenvalue weighted by Gasteiger charge is 2.16. The minimum absolute atomic E-state index is 0.0567. The van der Waals surface area contributed by atoms with E-state index in [9.17, 15) is 4.79 Å². The van der Waals surface area contributed by atoms with Crippen molar-refractivity contribution in [3.8, 4) is 0 Å². The maximum atomic E-state index is 10.5. The number of carboxylic acid groups (broad SMARTS) is 1. The van der Waals surface area contributed by atoms with Crippen LogP contribution in [0.5, 0.6) is 0 Å². The van der Waals surface area contributed by atoms with Gasteiger partial charge in [-0.2, -0.15) is 5.10 Å². The van der Waals surface area contributed by atoms with Crippen LogP contribution in [0, 0.1) is 0 Å². The molecule has 0 saturated heterocycles. The SMILES string of the molecule is CC1=Nc2cc(C(=O)O)nn2C1. The summed E-state index contributed by atoms with van der Waals surface area (Å²) in [6, 6.07) is 1.47. The highest BCUT2D eigenvalue weighted by atomic mass is 16.4. The highest BCUT2D eigenvalue weighted by Crippen LogP contribution is 2.19. The van der Waals surface area contributed by atoms with Crippen molar-refractivity contribution < 1.29 is 9.90 Å². The van der Waals surface area contributed by atoms with Gasteiger partial charge in [0.2, 0.25) is 0 Å². The van der Waals surface area contributed by atoms with Crippen molar-refractivity contribution in [2.75, 3.05) is 0 Å². The van der Waals surface area contributed by atoms with Gasteiger partial charge in [-0.25, -0.2) is 14.5 Å². The van der Waals surface area contributed by atoms with Gasteiger partial charge in [0.25, 0.3) is 0 Å². The van der Waals surface area contributed by atoms with Crippen LogP contribution in [-0.4, -0.2) is 26.6 Å². The molecule has 62 valence electrons. The zero-order chi connectivity index (χ0) is 8.72. The lowest BCUT2D eigenvalue weighted by atomic mass is 10.4. The molecule has 2 heterocycles. The molecule has 0 spiro atoms. The summed E-state index contributed by atoms with van der Waals surface area (Å²) in [5, 5.41) is 12.4. The van der Waals surface area contributed by atoms with Crippen LogP contribution in [-0.2, 0) is 6.54 Å². The number of rotatable bonds is 1. The van der Waals surface area contributed by atoms with Crippen molar-refractivity contribution in [2.24, 2.45) is 4.99 Å². The van der Waals surface area contributed by atoms with Crippen LogP contribution in [0.25, 0.3) is 0 Å². The van der Waals surface area contributed by atoms with E-state index in [1.54, 1.807) is 4.68 Å². The van der Waals surface area contributed by atoms with Crippen molar-refractivity contribution in [3.05, 3.63) is 11.8 Å². The number of hydrogen-bond donors (Lipinski definition) is 1. The third kappa shape index (κ3) is 0.903. The molecule has 0 aliphatic carbocycles. The van der Waals surface area contributed by atoms with Gasteiger partial charge in [0.15, 0.2) is 11.5 Å². The van der Waals surface area contributed by atoms with E-state index in [1.165, 1.54) is 6.07 Å². The standard InChI is InChI=1S/C7H7N3O2/c1-4-3-10-6(8-4)2-5(9-10)7(11)12/h2H,3H2,1H3,(H,11,12). The average Bonchev–Trinajstić information content (AvgIpc) is 2.42. The molecule has 0 fully saturated rings. The molecule has 1 aromatic rings. The fourth-order valence-electron chi connectivity index (χ4n) is 1.17. The molecule has 0 saturated carbocycles. The van der Waals surface area contributed by atoms with Crippen molar-refractivity contribution >= 4 is 17.5 Å². The van der Waals surface area contributed by atoms with E-state index in [4.69, 9.17) is 5.11 Å². The summed E-state index contributed by atoms with van der Waals surface area (Å²) >= 11 is 0. The minimum Gasteiger partial charge on any atom is -0.476 e. The van der Waals surface area contributed by atoms with Gasteiger partial charge in [0.05, 0.1) is 6.54 Å². The number of aromatic carboxylic acids is 1. The Balaban J connectivity index is 2.45. The molecular formula is C7H7N3O2.